The molecule has 4 aromatic rings. The third-order valence-electron chi connectivity index (χ3n) is 4.07. The molecule has 0 radical (unpaired) electrons. The van der Waals surface area contributed by atoms with Crippen molar-refractivity contribution in [1.29, 1.82) is 0 Å². The fourth-order valence-corrected chi connectivity index (χ4v) is 3.55. The van der Waals surface area contributed by atoms with Crippen molar-refractivity contribution < 1.29 is 4.79 Å². The highest BCUT2D eigenvalue weighted by Gasteiger charge is 2.17. The van der Waals surface area contributed by atoms with Gasteiger partial charge in [0.2, 0.25) is 5.91 Å². The number of nitrogens with one attached hydrogen (secondary N) is 1. The van der Waals surface area contributed by atoms with E-state index >= 15 is 0 Å². The maximum Gasteiger partial charge on any atom is 0.234 e. The van der Waals surface area contributed by atoms with Gasteiger partial charge >= 0.3 is 0 Å². The Labute approximate surface area is 167 Å². The molecule has 0 atom stereocenters. The van der Waals surface area contributed by atoms with Gasteiger partial charge in [-0.2, -0.15) is 0 Å². The van der Waals surface area contributed by atoms with Crippen molar-refractivity contribution >= 4 is 23.4 Å². The molecule has 28 heavy (non-hydrogen) atoms. The predicted molar refractivity (Wildman–Crippen MR) is 113 cm³/mol. The van der Waals surface area contributed by atoms with Crippen LogP contribution in [0.5, 0.6) is 0 Å². The van der Waals surface area contributed by atoms with Crippen molar-refractivity contribution in [2.45, 2.75) is 5.16 Å². The lowest BCUT2D eigenvalue weighted by Crippen LogP contribution is -2.14. The summed E-state index contributed by atoms with van der Waals surface area (Å²) in [6.07, 6.45) is 0. The van der Waals surface area contributed by atoms with Gasteiger partial charge in [0, 0.05) is 16.9 Å². The third-order valence-corrected chi connectivity index (χ3v) is 5.00. The largest absolute Gasteiger partial charge is 0.325 e. The number of rotatable bonds is 6. The molecule has 0 spiro atoms. The van der Waals surface area contributed by atoms with E-state index in [1.165, 1.54) is 11.8 Å². The van der Waals surface area contributed by atoms with Crippen LogP contribution in [0, 0.1) is 0 Å². The third kappa shape index (κ3) is 4.13. The van der Waals surface area contributed by atoms with Crippen LogP contribution in [0.3, 0.4) is 0 Å². The number of para-hydroxylation sites is 2. The number of hydrogen-bond acceptors (Lipinski definition) is 4. The first-order chi connectivity index (χ1) is 13.8. The maximum atomic E-state index is 12.3. The standard InChI is InChI=1S/C22H18N4OS/c27-20(23-18-12-6-2-7-13-18)16-28-22-25-24-21(17-10-4-1-5-11-17)26(22)19-14-8-3-9-15-19/h1-15H,16H2,(H,23,27). The zero-order valence-electron chi connectivity index (χ0n) is 15.0. The number of thioether (sulfide) groups is 1. The molecule has 0 aliphatic rings. The van der Waals surface area contributed by atoms with E-state index in [-0.39, 0.29) is 11.7 Å². The predicted octanol–water partition coefficient (Wildman–Crippen LogP) is 4.67. The molecule has 5 nitrogen and oxygen atoms in total. The van der Waals surface area contributed by atoms with E-state index in [0.29, 0.717) is 5.16 Å². The molecule has 3 aromatic carbocycles. The second kappa shape index (κ2) is 8.54. The van der Waals surface area contributed by atoms with Gasteiger partial charge in [-0.05, 0) is 24.3 Å². The summed E-state index contributed by atoms with van der Waals surface area (Å²) >= 11 is 1.36. The topological polar surface area (TPSA) is 59.8 Å². The average Bonchev–Trinajstić information content (AvgIpc) is 3.18. The quantitative estimate of drug-likeness (QED) is 0.490. The van der Waals surface area contributed by atoms with Crippen LogP contribution in [0.2, 0.25) is 0 Å². The van der Waals surface area contributed by atoms with E-state index in [1.807, 2.05) is 95.6 Å². The second-order valence-corrected chi connectivity index (χ2v) is 6.99. The number of nitrogens with zero attached hydrogens (tertiary/aromatic N) is 3. The van der Waals surface area contributed by atoms with Crippen LogP contribution in [-0.4, -0.2) is 26.4 Å². The van der Waals surface area contributed by atoms with E-state index in [0.717, 1.165) is 22.8 Å². The maximum absolute atomic E-state index is 12.3. The molecule has 138 valence electrons. The average molecular weight is 386 g/mol. The van der Waals surface area contributed by atoms with Gasteiger partial charge in [-0.1, -0.05) is 78.5 Å². The van der Waals surface area contributed by atoms with E-state index in [2.05, 4.69) is 15.5 Å². The molecule has 1 amide bonds. The Balaban J connectivity index is 1.59. The monoisotopic (exact) mass is 386 g/mol. The Kier molecular flexibility index (Phi) is 5.49. The number of benzene rings is 3. The lowest BCUT2D eigenvalue weighted by atomic mass is 10.2. The molecule has 1 heterocycles. The second-order valence-electron chi connectivity index (χ2n) is 6.05. The van der Waals surface area contributed by atoms with Crippen molar-refractivity contribution in [3.05, 3.63) is 91.0 Å². The van der Waals surface area contributed by atoms with Crippen molar-refractivity contribution in [1.82, 2.24) is 14.8 Å². The molecule has 0 saturated heterocycles. The van der Waals surface area contributed by atoms with Crippen LogP contribution >= 0.6 is 11.8 Å². The van der Waals surface area contributed by atoms with Gasteiger partial charge in [-0.3, -0.25) is 9.36 Å². The molecular formula is C22H18N4OS. The molecule has 0 fully saturated rings. The number of aromatic nitrogens is 3. The van der Waals surface area contributed by atoms with Crippen LogP contribution in [0.15, 0.2) is 96.2 Å². The van der Waals surface area contributed by atoms with Crippen LogP contribution < -0.4 is 5.32 Å². The normalized spacial score (nSPS) is 10.6. The number of carbonyl (C=O) groups excluding carboxylic acids is 1. The number of anilines is 1. The Bertz CT molecular complexity index is 1050. The lowest BCUT2D eigenvalue weighted by Gasteiger charge is -2.10. The number of carbonyl (C=O) groups is 1. The SMILES string of the molecule is O=C(CSc1nnc(-c2ccccc2)n1-c1ccccc1)Nc1ccccc1. The van der Waals surface area contributed by atoms with Crippen molar-refractivity contribution in [2.24, 2.45) is 0 Å². The molecular weight excluding hydrogens is 368 g/mol. The van der Waals surface area contributed by atoms with Crippen molar-refractivity contribution in [3.8, 4) is 17.1 Å². The summed E-state index contributed by atoms with van der Waals surface area (Å²) in [6.45, 7) is 0. The summed E-state index contributed by atoms with van der Waals surface area (Å²) in [5.74, 6) is 0.909. The molecule has 4 rings (SSSR count). The van der Waals surface area contributed by atoms with Gasteiger partial charge in [-0.15, -0.1) is 10.2 Å². The van der Waals surface area contributed by atoms with E-state index in [1.54, 1.807) is 0 Å². The molecule has 1 N–H and O–H groups in total. The summed E-state index contributed by atoms with van der Waals surface area (Å²) in [6, 6.07) is 29.3. The molecule has 0 unspecified atom stereocenters. The van der Waals surface area contributed by atoms with Gasteiger partial charge in [-0.25, -0.2) is 0 Å². The minimum atomic E-state index is -0.0833. The lowest BCUT2D eigenvalue weighted by molar-refractivity contribution is -0.113. The first-order valence-corrected chi connectivity index (χ1v) is 9.84. The van der Waals surface area contributed by atoms with Gasteiger partial charge in [0.05, 0.1) is 5.75 Å². The summed E-state index contributed by atoms with van der Waals surface area (Å²) in [5.41, 5.74) is 2.71. The van der Waals surface area contributed by atoms with E-state index in [4.69, 9.17) is 0 Å². The van der Waals surface area contributed by atoms with Gasteiger partial charge in [0.25, 0.3) is 0 Å². The van der Waals surface area contributed by atoms with E-state index < -0.39 is 0 Å². The fraction of sp³-hybridized carbons (Fsp3) is 0.0455. The van der Waals surface area contributed by atoms with Gasteiger partial charge < -0.3 is 5.32 Å². The minimum Gasteiger partial charge on any atom is -0.325 e. The Morgan fingerprint density at radius 2 is 1.43 bits per heavy atom. The summed E-state index contributed by atoms with van der Waals surface area (Å²) in [7, 11) is 0. The Morgan fingerprint density at radius 3 is 2.11 bits per heavy atom. The molecule has 1 aromatic heterocycles. The smallest absolute Gasteiger partial charge is 0.234 e. The highest BCUT2D eigenvalue weighted by atomic mass is 32.2. The van der Waals surface area contributed by atoms with Crippen molar-refractivity contribution in [3.63, 3.8) is 0 Å². The Hall–Kier alpha value is -3.38. The van der Waals surface area contributed by atoms with Crippen LogP contribution in [0.4, 0.5) is 5.69 Å². The summed E-state index contributed by atoms with van der Waals surface area (Å²) in [4.78, 5) is 12.3. The summed E-state index contributed by atoms with van der Waals surface area (Å²) in [5, 5.41) is 12.3. The van der Waals surface area contributed by atoms with Crippen LogP contribution in [-0.2, 0) is 4.79 Å². The highest BCUT2D eigenvalue weighted by molar-refractivity contribution is 7.99. The zero-order chi connectivity index (χ0) is 19.2. The highest BCUT2D eigenvalue weighted by Crippen LogP contribution is 2.27. The van der Waals surface area contributed by atoms with E-state index in [9.17, 15) is 4.79 Å². The van der Waals surface area contributed by atoms with Crippen LogP contribution in [0.25, 0.3) is 17.1 Å². The van der Waals surface area contributed by atoms with Gasteiger partial charge in [0.15, 0.2) is 11.0 Å². The number of hydrogen-bond donors (Lipinski definition) is 1. The molecule has 0 bridgehead atoms. The van der Waals surface area contributed by atoms with Crippen LogP contribution in [0.1, 0.15) is 0 Å². The molecule has 0 saturated carbocycles. The fourth-order valence-electron chi connectivity index (χ4n) is 2.80. The first-order valence-electron chi connectivity index (χ1n) is 8.85. The zero-order valence-corrected chi connectivity index (χ0v) is 15.8. The Morgan fingerprint density at radius 1 is 0.821 bits per heavy atom. The number of amides is 1. The molecule has 0 aliphatic carbocycles. The molecule has 6 heteroatoms. The minimum absolute atomic E-state index is 0.0833. The van der Waals surface area contributed by atoms with Crippen molar-refractivity contribution in [2.75, 3.05) is 11.1 Å². The van der Waals surface area contributed by atoms with Gasteiger partial charge in [0.1, 0.15) is 0 Å². The molecule has 0 aliphatic heterocycles. The summed E-state index contributed by atoms with van der Waals surface area (Å²) < 4.78 is 1.98. The first kappa shape index (κ1) is 18.0.